The Labute approximate surface area is 191 Å². The molecule has 0 unspecified atom stereocenters. The van der Waals surface area contributed by atoms with Crippen molar-refractivity contribution in [1.82, 2.24) is 30.5 Å². The molecule has 1 saturated heterocycles. The zero-order valence-corrected chi connectivity index (χ0v) is 18.6. The first kappa shape index (κ1) is 22.0. The number of piperidine rings is 1. The Balaban J connectivity index is 1.40. The number of benzene rings is 2. The monoisotopic (exact) mass is 450 g/mol. The molecule has 0 radical (unpaired) electrons. The molecule has 2 N–H and O–H groups in total. The molecule has 32 heavy (non-hydrogen) atoms. The smallest absolute Gasteiger partial charge is 0.269 e. The third-order valence-corrected chi connectivity index (χ3v) is 6.14. The predicted octanol–water partition coefficient (Wildman–Crippen LogP) is 2.81. The molecule has 0 spiro atoms. The Morgan fingerprint density at radius 1 is 0.875 bits per heavy atom. The Hall–Kier alpha value is -3.17. The van der Waals surface area contributed by atoms with Crippen LogP contribution in [0.1, 0.15) is 35.4 Å². The van der Waals surface area contributed by atoms with Crippen LogP contribution in [0.3, 0.4) is 0 Å². The molecule has 4 rings (SSSR count). The van der Waals surface area contributed by atoms with E-state index in [1.54, 1.807) is 24.3 Å². The van der Waals surface area contributed by atoms with E-state index in [9.17, 15) is 9.59 Å². The van der Waals surface area contributed by atoms with Crippen LogP contribution in [0.5, 0.6) is 0 Å². The van der Waals surface area contributed by atoms with Gasteiger partial charge in [-0.1, -0.05) is 54.6 Å². The lowest BCUT2D eigenvalue weighted by atomic mass is 10.1. The van der Waals surface area contributed by atoms with E-state index in [1.807, 2.05) is 41.0 Å². The van der Waals surface area contributed by atoms with Crippen molar-refractivity contribution < 1.29 is 9.59 Å². The molecule has 9 heteroatoms. The largest absolute Gasteiger partial charge is 0.296 e. The zero-order chi connectivity index (χ0) is 22.2. The summed E-state index contributed by atoms with van der Waals surface area (Å²) in [5.74, 6) is 0.280. The fourth-order valence-corrected chi connectivity index (χ4v) is 4.38. The van der Waals surface area contributed by atoms with Gasteiger partial charge in [-0.3, -0.25) is 29.9 Å². The third kappa shape index (κ3) is 5.74. The number of rotatable bonds is 7. The van der Waals surface area contributed by atoms with Crippen LogP contribution in [0.25, 0.3) is 5.69 Å². The zero-order valence-electron chi connectivity index (χ0n) is 17.7. The van der Waals surface area contributed by atoms with Gasteiger partial charge in [0.05, 0.1) is 12.3 Å². The SMILES string of the molecule is O=C(CSc1nnc(CN2CCCCC2)n1-c1ccccc1)NNC(=O)c1ccccc1. The minimum absolute atomic E-state index is 0.101. The van der Waals surface area contributed by atoms with Gasteiger partial charge >= 0.3 is 0 Å². The van der Waals surface area contributed by atoms with Crippen molar-refractivity contribution in [2.75, 3.05) is 18.8 Å². The summed E-state index contributed by atoms with van der Waals surface area (Å²) in [5, 5.41) is 9.43. The van der Waals surface area contributed by atoms with Gasteiger partial charge in [-0.25, -0.2) is 0 Å². The molecule has 1 aliphatic heterocycles. The summed E-state index contributed by atoms with van der Waals surface area (Å²) in [4.78, 5) is 26.8. The fourth-order valence-electron chi connectivity index (χ4n) is 3.60. The molecular formula is C23H26N6O2S. The van der Waals surface area contributed by atoms with E-state index in [2.05, 4.69) is 25.9 Å². The number of nitrogens with one attached hydrogen (secondary N) is 2. The number of hydrazine groups is 1. The van der Waals surface area contributed by atoms with Crippen molar-refractivity contribution in [1.29, 1.82) is 0 Å². The molecular weight excluding hydrogens is 424 g/mol. The van der Waals surface area contributed by atoms with E-state index in [0.29, 0.717) is 10.7 Å². The summed E-state index contributed by atoms with van der Waals surface area (Å²) in [5.41, 5.74) is 6.34. The van der Waals surface area contributed by atoms with E-state index in [0.717, 1.165) is 31.1 Å². The maximum atomic E-state index is 12.3. The van der Waals surface area contributed by atoms with Crippen LogP contribution in [-0.4, -0.2) is 50.3 Å². The molecule has 166 valence electrons. The Morgan fingerprint density at radius 3 is 2.28 bits per heavy atom. The highest BCUT2D eigenvalue weighted by Gasteiger charge is 2.19. The minimum atomic E-state index is -0.361. The topological polar surface area (TPSA) is 92.2 Å². The standard InChI is InChI=1S/C23H26N6O2S/c30-21(25-26-22(31)18-10-4-1-5-11-18)17-32-23-27-24-20(16-28-14-8-3-9-15-28)29(23)19-12-6-2-7-13-19/h1-2,4-7,10-13H,3,8-9,14-17H2,(H,25,30)(H,26,31). The van der Waals surface area contributed by atoms with Gasteiger partial charge in [0, 0.05) is 11.3 Å². The van der Waals surface area contributed by atoms with Gasteiger partial charge in [-0.2, -0.15) is 0 Å². The van der Waals surface area contributed by atoms with E-state index in [-0.39, 0.29) is 17.6 Å². The lowest BCUT2D eigenvalue weighted by Gasteiger charge is -2.26. The van der Waals surface area contributed by atoms with Crippen molar-refractivity contribution >= 4 is 23.6 Å². The second kappa shape index (κ2) is 10.9. The molecule has 2 aromatic carbocycles. The van der Waals surface area contributed by atoms with Crippen molar-refractivity contribution in [2.24, 2.45) is 0 Å². The lowest BCUT2D eigenvalue weighted by Crippen LogP contribution is -2.42. The van der Waals surface area contributed by atoms with Gasteiger partial charge < -0.3 is 0 Å². The van der Waals surface area contributed by atoms with Crippen LogP contribution in [0, 0.1) is 0 Å². The number of amides is 2. The van der Waals surface area contributed by atoms with Gasteiger partial charge in [0.1, 0.15) is 0 Å². The molecule has 1 aromatic heterocycles. The second-order valence-electron chi connectivity index (χ2n) is 7.56. The third-order valence-electron chi connectivity index (χ3n) is 5.21. The average Bonchev–Trinajstić information content (AvgIpc) is 3.25. The highest BCUT2D eigenvalue weighted by Crippen LogP contribution is 2.23. The second-order valence-corrected chi connectivity index (χ2v) is 8.51. The van der Waals surface area contributed by atoms with E-state index in [4.69, 9.17) is 0 Å². The quantitative estimate of drug-likeness (QED) is 0.425. The summed E-state index contributed by atoms with van der Waals surface area (Å²) in [6.45, 7) is 2.85. The highest BCUT2D eigenvalue weighted by atomic mass is 32.2. The summed E-state index contributed by atoms with van der Waals surface area (Å²) in [6, 6.07) is 18.7. The molecule has 0 aliphatic carbocycles. The molecule has 1 fully saturated rings. The van der Waals surface area contributed by atoms with Crippen LogP contribution in [0.4, 0.5) is 0 Å². The first-order valence-corrected chi connectivity index (χ1v) is 11.7. The van der Waals surface area contributed by atoms with Crippen molar-refractivity contribution in [3.63, 3.8) is 0 Å². The van der Waals surface area contributed by atoms with Crippen LogP contribution < -0.4 is 10.9 Å². The maximum Gasteiger partial charge on any atom is 0.269 e. The summed E-state index contributed by atoms with van der Waals surface area (Å²) >= 11 is 1.29. The number of carbonyl (C=O) groups excluding carboxylic acids is 2. The predicted molar refractivity (Wildman–Crippen MR) is 123 cm³/mol. The van der Waals surface area contributed by atoms with Gasteiger partial charge in [0.15, 0.2) is 11.0 Å². The van der Waals surface area contributed by atoms with Crippen molar-refractivity contribution in [2.45, 2.75) is 31.0 Å². The minimum Gasteiger partial charge on any atom is -0.296 e. The molecule has 8 nitrogen and oxygen atoms in total. The summed E-state index contributed by atoms with van der Waals surface area (Å²) < 4.78 is 2.01. The molecule has 3 aromatic rings. The molecule has 0 bridgehead atoms. The summed E-state index contributed by atoms with van der Waals surface area (Å²) in [7, 11) is 0. The first-order valence-electron chi connectivity index (χ1n) is 10.7. The van der Waals surface area contributed by atoms with Gasteiger partial charge in [-0.05, 0) is 50.2 Å². The lowest BCUT2D eigenvalue weighted by molar-refractivity contribution is -0.119. The number of para-hydroxylation sites is 1. The molecule has 1 aliphatic rings. The van der Waals surface area contributed by atoms with Gasteiger partial charge in [-0.15, -0.1) is 10.2 Å². The Morgan fingerprint density at radius 2 is 1.56 bits per heavy atom. The molecule has 2 heterocycles. The van der Waals surface area contributed by atoms with Crippen LogP contribution in [-0.2, 0) is 11.3 Å². The average molecular weight is 451 g/mol. The number of aromatic nitrogens is 3. The van der Waals surface area contributed by atoms with Crippen LogP contribution in [0.15, 0.2) is 65.8 Å². The summed E-state index contributed by atoms with van der Waals surface area (Å²) in [6.07, 6.45) is 3.69. The molecule has 2 amide bonds. The number of likely N-dealkylation sites (tertiary alicyclic amines) is 1. The molecule has 0 saturated carbocycles. The fraction of sp³-hybridized carbons (Fsp3) is 0.304. The maximum absolute atomic E-state index is 12.3. The van der Waals surface area contributed by atoms with E-state index in [1.165, 1.54) is 31.0 Å². The number of nitrogens with zero attached hydrogens (tertiary/aromatic N) is 4. The number of hydrogen-bond acceptors (Lipinski definition) is 6. The number of hydrogen-bond donors (Lipinski definition) is 2. The van der Waals surface area contributed by atoms with E-state index >= 15 is 0 Å². The van der Waals surface area contributed by atoms with Crippen molar-refractivity contribution in [3.8, 4) is 5.69 Å². The van der Waals surface area contributed by atoms with Gasteiger partial charge in [0.25, 0.3) is 5.91 Å². The van der Waals surface area contributed by atoms with Gasteiger partial charge in [0.2, 0.25) is 5.91 Å². The highest BCUT2D eigenvalue weighted by molar-refractivity contribution is 7.99. The number of thioether (sulfide) groups is 1. The first-order chi connectivity index (χ1) is 15.7. The Kier molecular flexibility index (Phi) is 7.52. The normalized spacial score (nSPS) is 14.1. The van der Waals surface area contributed by atoms with Crippen molar-refractivity contribution in [3.05, 3.63) is 72.1 Å². The van der Waals surface area contributed by atoms with Crippen LogP contribution in [0.2, 0.25) is 0 Å². The van der Waals surface area contributed by atoms with E-state index < -0.39 is 0 Å². The number of carbonyl (C=O) groups is 2. The Bertz CT molecular complexity index is 1040. The van der Waals surface area contributed by atoms with Crippen LogP contribution >= 0.6 is 11.8 Å². The molecule has 0 atom stereocenters.